The van der Waals surface area contributed by atoms with Crippen LogP contribution in [0.15, 0.2) is 41.7 Å². The lowest BCUT2D eigenvalue weighted by atomic mass is 9.43. The van der Waals surface area contributed by atoms with Crippen LogP contribution in [0.4, 0.5) is 4.79 Å². The predicted molar refractivity (Wildman–Crippen MR) is 152 cm³/mol. The quantitative estimate of drug-likeness (QED) is 0.269. The first kappa shape index (κ1) is 33.0. The normalized spacial score (nSPS) is 40.0. The minimum Gasteiger partial charge on any atom is -0.455 e. The first-order valence-corrected chi connectivity index (χ1v) is 14.8. The van der Waals surface area contributed by atoms with Crippen LogP contribution in [0.3, 0.4) is 0 Å². The molecule has 3 aliphatic carbocycles. The van der Waals surface area contributed by atoms with Crippen molar-refractivity contribution < 1.29 is 63.3 Å². The minimum absolute atomic E-state index is 0.0237. The number of benzene rings is 1. The van der Waals surface area contributed by atoms with Crippen molar-refractivity contribution in [3.8, 4) is 0 Å². The average molecular weight is 633 g/mol. The second kappa shape index (κ2) is 10.9. The van der Waals surface area contributed by atoms with Gasteiger partial charge in [-0.2, -0.15) is 0 Å². The number of carbonyl (C=O) groups is 4. The SMILES string of the molecule is COC(=O)O[C@@]12CO[C@@H]1C[C@H](O)[C@@]1(C)C(=O)C(OC(=O)CO)=C3C(C)[C@](C)(O)C[C@@](O)([C@@H](OC(=O)c4ccccc4)C12)C3(C)C. The maximum Gasteiger partial charge on any atom is 0.508 e. The Labute approximate surface area is 260 Å². The molecule has 13 nitrogen and oxygen atoms in total. The van der Waals surface area contributed by atoms with Crippen LogP contribution < -0.4 is 0 Å². The van der Waals surface area contributed by atoms with Gasteiger partial charge in [0.2, 0.25) is 5.78 Å². The summed E-state index contributed by atoms with van der Waals surface area (Å²) in [6.07, 6.45) is -6.09. The van der Waals surface area contributed by atoms with Crippen molar-refractivity contribution in [3.05, 3.63) is 47.2 Å². The van der Waals surface area contributed by atoms with Crippen LogP contribution in [-0.4, -0.2) is 99.7 Å². The number of aliphatic hydroxyl groups excluding tert-OH is 2. The zero-order valence-electron chi connectivity index (χ0n) is 26.1. The summed E-state index contributed by atoms with van der Waals surface area (Å²) in [5.74, 6) is -6.03. The molecule has 3 fully saturated rings. The molecule has 1 aliphatic heterocycles. The van der Waals surface area contributed by atoms with Crippen LogP contribution in [0.5, 0.6) is 0 Å². The van der Waals surface area contributed by atoms with Crippen molar-refractivity contribution >= 4 is 23.9 Å². The van der Waals surface area contributed by atoms with Crippen molar-refractivity contribution in [2.24, 2.45) is 22.7 Å². The van der Waals surface area contributed by atoms with Gasteiger partial charge in [0.15, 0.2) is 11.4 Å². The first-order valence-electron chi connectivity index (χ1n) is 14.8. The van der Waals surface area contributed by atoms with Gasteiger partial charge in [-0.25, -0.2) is 14.4 Å². The zero-order valence-corrected chi connectivity index (χ0v) is 26.1. The summed E-state index contributed by atoms with van der Waals surface area (Å²) < 4.78 is 28.1. The van der Waals surface area contributed by atoms with Gasteiger partial charge in [0.05, 0.1) is 42.3 Å². The fourth-order valence-electron chi connectivity index (χ4n) is 8.06. The summed E-state index contributed by atoms with van der Waals surface area (Å²) in [5, 5.41) is 46.2. The van der Waals surface area contributed by atoms with E-state index >= 15 is 0 Å². The molecule has 13 heteroatoms. The van der Waals surface area contributed by atoms with E-state index in [0.717, 1.165) is 7.11 Å². The average Bonchev–Trinajstić information content (AvgIpc) is 2.98. The molecule has 0 radical (unpaired) electrons. The highest BCUT2D eigenvalue weighted by atomic mass is 16.8. The van der Waals surface area contributed by atoms with E-state index in [1.807, 2.05) is 0 Å². The highest BCUT2D eigenvalue weighted by Gasteiger charge is 2.78. The first-order chi connectivity index (χ1) is 20.9. The standard InChI is InChI=1S/C32H40O13/c1-16-21-22(43-20(35)13-33)24(36)30(5)18(34)12-19-31(15-42-19,45-27(38)41-6)23(30)25(44-26(37)17-10-8-7-9-11-17)32(40,28(21,2)3)14-29(16,4)39/h7-11,16,18-19,23,25,33-34,39-40H,12-15H2,1-6H3/t16?,18-,19+,23?,25-,29+,30+,31-,32+/m0/s1. The number of ether oxygens (including phenoxy) is 5. The van der Waals surface area contributed by atoms with Gasteiger partial charge < -0.3 is 44.1 Å². The third-order valence-corrected chi connectivity index (χ3v) is 10.8. The number of methoxy groups -OCH3 is 1. The summed E-state index contributed by atoms with van der Waals surface area (Å²) in [6, 6.07) is 7.90. The van der Waals surface area contributed by atoms with Crippen molar-refractivity contribution in [2.45, 2.75) is 82.6 Å². The van der Waals surface area contributed by atoms with Crippen LogP contribution in [0.1, 0.15) is 57.8 Å². The Balaban J connectivity index is 1.88. The van der Waals surface area contributed by atoms with Crippen molar-refractivity contribution in [3.63, 3.8) is 0 Å². The fraction of sp³-hybridized carbons (Fsp3) is 0.625. The number of ketones is 1. The summed E-state index contributed by atoms with van der Waals surface area (Å²) in [5.41, 5.74) is -9.32. The second-order valence-electron chi connectivity index (χ2n) is 13.5. The maximum absolute atomic E-state index is 14.9. The molecule has 0 aromatic heterocycles. The van der Waals surface area contributed by atoms with Gasteiger partial charge in [0, 0.05) is 24.2 Å². The fourth-order valence-corrected chi connectivity index (χ4v) is 8.06. The van der Waals surface area contributed by atoms with E-state index in [2.05, 4.69) is 0 Å². The molecule has 0 spiro atoms. The molecule has 2 saturated carbocycles. The highest BCUT2D eigenvalue weighted by Crippen LogP contribution is 2.65. The molecule has 4 aliphatic rings. The molecule has 45 heavy (non-hydrogen) atoms. The number of aliphatic hydroxyl groups is 4. The molecule has 246 valence electrons. The van der Waals surface area contributed by atoms with E-state index in [1.165, 1.54) is 26.0 Å². The molecule has 1 aromatic rings. The summed E-state index contributed by atoms with van der Waals surface area (Å²) in [7, 11) is 1.08. The van der Waals surface area contributed by atoms with E-state index in [0.29, 0.717) is 0 Å². The summed E-state index contributed by atoms with van der Waals surface area (Å²) >= 11 is 0. The number of esters is 2. The van der Waals surface area contributed by atoms with E-state index < -0.39 is 100 Å². The van der Waals surface area contributed by atoms with Crippen LogP contribution in [0, 0.1) is 22.7 Å². The molecule has 0 amide bonds. The number of hydrogen-bond acceptors (Lipinski definition) is 13. The predicted octanol–water partition coefficient (Wildman–Crippen LogP) is 1.44. The third kappa shape index (κ3) is 4.62. The maximum atomic E-state index is 14.9. The lowest BCUT2D eigenvalue weighted by molar-refractivity contribution is -0.345. The van der Waals surface area contributed by atoms with Gasteiger partial charge in [-0.3, -0.25) is 4.79 Å². The molecule has 1 saturated heterocycles. The number of Topliss-reactive ketones (excluding diaryl/α,β-unsaturated/α-hetero) is 1. The van der Waals surface area contributed by atoms with Gasteiger partial charge in [-0.05, 0) is 31.6 Å². The van der Waals surface area contributed by atoms with Gasteiger partial charge >= 0.3 is 18.1 Å². The third-order valence-electron chi connectivity index (χ3n) is 10.8. The summed E-state index contributed by atoms with van der Waals surface area (Å²) in [4.78, 5) is 54.1. The number of hydrogen-bond donors (Lipinski definition) is 4. The molecule has 2 bridgehead atoms. The van der Waals surface area contributed by atoms with Crippen molar-refractivity contribution in [1.29, 1.82) is 0 Å². The molecule has 5 rings (SSSR count). The Morgan fingerprint density at radius 2 is 1.71 bits per heavy atom. The van der Waals surface area contributed by atoms with Gasteiger partial charge in [-0.1, -0.05) is 39.0 Å². The number of allylic oxidation sites excluding steroid dienone is 1. The van der Waals surface area contributed by atoms with Crippen LogP contribution in [0.2, 0.25) is 0 Å². The van der Waals surface area contributed by atoms with Crippen molar-refractivity contribution in [2.75, 3.05) is 20.3 Å². The lowest BCUT2D eigenvalue weighted by Crippen LogP contribution is -2.81. The molecule has 9 atom stereocenters. The Morgan fingerprint density at radius 1 is 1.07 bits per heavy atom. The molecule has 2 unspecified atom stereocenters. The number of carbonyl (C=O) groups excluding carboxylic acids is 4. The summed E-state index contributed by atoms with van der Waals surface area (Å²) in [6.45, 7) is 6.08. The van der Waals surface area contributed by atoms with E-state index in [-0.39, 0.29) is 24.2 Å². The molecular formula is C32H40O13. The van der Waals surface area contributed by atoms with E-state index in [1.54, 1.807) is 39.0 Å². The number of rotatable bonds is 5. The minimum atomic E-state index is -2.25. The topological polar surface area (TPSA) is 195 Å². The molecule has 1 heterocycles. The second-order valence-corrected chi connectivity index (χ2v) is 13.5. The van der Waals surface area contributed by atoms with Crippen LogP contribution in [-0.2, 0) is 33.3 Å². The zero-order chi connectivity index (χ0) is 33.3. The van der Waals surface area contributed by atoms with E-state index in [9.17, 15) is 39.6 Å². The highest BCUT2D eigenvalue weighted by molar-refractivity contribution is 6.02. The Kier molecular flexibility index (Phi) is 7.98. The Hall–Kier alpha value is -3.36. The molecule has 1 aromatic carbocycles. The smallest absolute Gasteiger partial charge is 0.455 e. The van der Waals surface area contributed by atoms with Gasteiger partial charge in [0.25, 0.3) is 0 Å². The number of fused-ring (bicyclic) bond motifs is 5. The molecular weight excluding hydrogens is 592 g/mol. The van der Waals surface area contributed by atoms with Gasteiger partial charge in [-0.15, -0.1) is 0 Å². The lowest BCUT2D eigenvalue weighted by Gasteiger charge is -2.67. The van der Waals surface area contributed by atoms with Gasteiger partial charge in [0.1, 0.15) is 24.4 Å². The van der Waals surface area contributed by atoms with Crippen LogP contribution >= 0.6 is 0 Å². The molecule has 4 N–H and O–H groups in total. The van der Waals surface area contributed by atoms with E-state index in [4.69, 9.17) is 23.7 Å². The monoisotopic (exact) mass is 632 g/mol. The largest absolute Gasteiger partial charge is 0.508 e. The Morgan fingerprint density at radius 3 is 2.27 bits per heavy atom. The Bertz CT molecular complexity index is 1430. The van der Waals surface area contributed by atoms with Crippen molar-refractivity contribution in [1.82, 2.24) is 0 Å². The van der Waals surface area contributed by atoms with Crippen LogP contribution in [0.25, 0.3) is 0 Å².